The summed E-state index contributed by atoms with van der Waals surface area (Å²) in [7, 11) is 1.68. The van der Waals surface area contributed by atoms with Gasteiger partial charge in [0, 0.05) is 57.8 Å². The average molecular weight is 375 g/mol. The van der Waals surface area contributed by atoms with E-state index < -0.39 is 5.79 Å². The van der Waals surface area contributed by atoms with E-state index in [1.165, 1.54) is 5.69 Å². The zero-order chi connectivity index (χ0) is 18.7. The van der Waals surface area contributed by atoms with Gasteiger partial charge in [0.2, 0.25) is 5.91 Å². The number of amides is 1. The standard InChI is InChI=1S/C20H29N3O4/c1-25-18-4-2-17(3-5-18)22-12-10-21(11-13-22)16-19(24)23-8-6-20(7-9-23)26-14-15-27-20/h2-5H,6-16H2,1H3. The molecular formula is C20H29N3O4. The van der Waals surface area contributed by atoms with Crippen molar-refractivity contribution in [2.24, 2.45) is 0 Å². The number of carbonyl (C=O) groups is 1. The molecule has 27 heavy (non-hydrogen) atoms. The summed E-state index contributed by atoms with van der Waals surface area (Å²) in [4.78, 5) is 19.3. The number of hydrogen-bond acceptors (Lipinski definition) is 6. The van der Waals surface area contributed by atoms with Gasteiger partial charge in [-0.3, -0.25) is 9.69 Å². The maximum atomic E-state index is 12.7. The predicted octanol–water partition coefficient (Wildman–Crippen LogP) is 1.18. The highest BCUT2D eigenvalue weighted by molar-refractivity contribution is 5.78. The summed E-state index contributed by atoms with van der Waals surface area (Å²) < 4.78 is 16.7. The molecule has 7 heteroatoms. The van der Waals surface area contributed by atoms with Gasteiger partial charge < -0.3 is 24.0 Å². The zero-order valence-corrected chi connectivity index (χ0v) is 16.1. The highest BCUT2D eigenvalue weighted by Crippen LogP contribution is 2.31. The molecule has 0 unspecified atom stereocenters. The fraction of sp³-hybridized carbons (Fsp3) is 0.650. The second-order valence-electron chi connectivity index (χ2n) is 7.45. The van der Waals surface area contributed by atoms with Gasteiger partial charge in [0.05, 0.1) is 26.9 Å². The van der Waals surface area contributed by atoms with E-state index in [1.807, 2.05) is 17.0 Å². The normalized spacial score (nSPS) is 23.0. The quantitative estimate of drug-likeness (QED) is 0.788. The number of carbonyl (C=O) groups excluding carboxylic acids is 1. The van der Waals surface area contributed by atoms with E-state index in [0.717, 1.165) is 57.9 Å². The van der Waals surface area contributed by atoms with E-state index >= 15 is 0 Å². The lowest BCUT2D eigenvalue weighted by molar-refractivity contribution is -0.187. The number of nitrogens with zero attached hydrogens (tertiary/aromatic N) is 3. The number of hydrogen-bond donors (Lipinski definition) is 0. The van der Waals surface area contributed by atoms with Gasteiger partial charge in [0.1, 0.15) is 5.75 Å². The Morgan fingerprint density at radius 1 is 1.00 bits per heavy atom. The van der Waals surface area contributed by atoms with E-state index in [2.05, 4.69) is 21.9 Å². The molecule has 0 N–H and O–H groups in total. The van der Waals surface area contributed by atoms with Crippen LogP contribution in [0.1, 0.15) is 12.8 Å². The first-order valence-corrected chi connectivity index (χ1v) is 9.84. The number of rotatable bonds is 4. The van der Waals surface area contributed by atoms with Crippen molar-refractivity contribution in [1.29, 1.82) is 0 Å². The topological polar surface area (TPSA) is 54.5 Å². The molecule has 1 aromatic carbocycles. The molecule has 3 saturated heterocycles. The fourth-order valence-electron chi connectivity index (χ4n) is 4.13. The summed E-state index contributed by atoms with van der Waals surface area (Å²) in [5, 5.41) is 0. The Morgan fingerprint density at radius 3 is 2.22 bits per heavy atom. The number of ether oxygens (including phenoxy) is 3. The maximum absolute atomic E-state index is 12.7. The molecule has 3 aliphatic heterocycles. The Labute approximate surface area is 160 Å². The first-order valence-electron chi connectivity index (χ1n) is 9.84. The van der Waals surface area contributed by atoms with E-state index in [9.17, 15) is 4.79 Å². The molecule has 1 spiro atoms. The lowest BCUT2D eigenvalue weighted by Gasteiger charge is -2.39. The summed E-state index contributed by atoms with van der Waals surface area (Å²) >= 11 is 0. The number of likely N-dealkylation sites (tertiary alicyclic amines) is 1. The molecule has 0 saturated carbocycles. The van der Waals surface area contributed by atoms with Gasteiger partial charge in [0.25, 0.3) is 0 Å². The van der Waals surface area contributed by atoms with Crippen LogP contribution in [0, 0.1) is 0 Å². The van der Waals surface area contributed by atoms with Crippen molar-refractivity contribution >= 4 is 11.6 Å². The van der Waals surface area contributed by atoms with Crippen LogP contribution >= 0.6 is 0 Å². The molecule has 0 bridgehead atoms. The van der Waals surface area contributed by atoms with Crippen molar-refractivity contribution in [2.75, 3.05) is 71.0 Å². The predicted molar refractivity (Wildman–Crippen MR) is 102 cm³/mol. The number of benzene rings is 1. The second-order valence-corrected chi connectivity index (χ2v) is 7.45. The Morgan fingerprint density at radius 2 is 1.63 bits per heavy atom. The first kappa shape index (κ1) is 18.5. The van der Waals surface area contributed by atoms with Gasteiger partial charge in [-0.25, -0.2) is 0 Å². The van der Waals surface area contributed by atoms with Gasteiger partial charge in [-0.05, 0) is 24.3 Å². The summed E-state index contributed by atoms with van der Waals surface area (Å²) in [6, 6.07) is 8.17. The monoisotopic (exact) mass is 375 g/mol. The molecule has 0 radical (unpaired) electrons. The summed E-state index contributed by atoms with van der Waals surface area (Å²) in [6.07, 6.45) is 1.56. The molecule has 1 amide bonds. The van der Waals surface area contributed by atoms with Crippen molar-refractivity contribution in [1.82, 2.24) is 9.80 Å². The summed E-state index contributed by atoms with van der Waals surface area (Å²) in [5.41, 5.74) is 1.21. The highest BCUT2D eigenvalue weighted by Gasteiger charge is 2.40. The average Bonchev–Trinajstić information content (AvgIpc) is 3.17. The molecule has 0 aromatic heterocycles. The first-order chi connectivity index (χ1) is 13.2. The molecule has 3 aliphatic rings. The van der Waals surface area contributed by atoms with Crippen LogP contribution < -0.4 is 9.64 Å². The lowest BCUT2D eigenvalue weighted by Crippen LogP contribution is -2.53. The molecule has 3 fully saturated rings. The van der Waals surface area contributed by atoms with Crippen LogP contribution in [0.15, 0.2) is 24.3 Å². The highest BCUT2D eigenvalue weighted by atomic mass is 16.7. The van der Waals surface area contributed by atoms with Crippen LogP contribution in [0.2, 0.25) is 0 Å². The van der Waals surface area contributed by atoms with Gasteiger partial charge in [-0.15, -0.1) is 0 Å². The van der Waals surface area contributed by atoms with Gasteiger partial charge in [-0.1, -0.05) is 0 Å². The second kappa shape index (κ2) is 8.04. The maximum Gasteiger partial charge on any atom is 0.236 e. The SMILES string of the molecule is COc1ccc(N2CCN(CC(=O)N3CCC4(CC3)OCCO4)CC2)cc1. The third-order valence-corrected chi connectivity index (χ3v) is 5.86. The van der Waals surface area contributed by atoms with Crippen molar-refractivity contribution in [3.63, 3.8) is 0 Å². The van der Waals surface area contributed by atoms with E-state index in [0.29, 0.717) is 19.8 Å². The molecule has 3 heterocycles. The Hall–Kier alpha value is -1.83. The zero-order valence-electron chi connectivity index (χ0n) is 16.1. The molecular weight excluding hydrogens is 346 g/mol. The van der Waals surface area contributed by atoms with Gasteiger partial charge >= 0.3 is 0 Å². The third-order valence-electron chi connectivity index (χ3n) is 5.86. The van der Waals surface area contributed by atoms with Crippen molar-refractivity contribution in [3.8, 4) is 5.75 Å². The van der Waals surface area contributed by atoms with Crippen molar-refractivity contribution in [2.45, 2.75) is 18.6 Å². The lowest BCUT2D eigenvalue weighted by atomic mass is 10.0. The minimum Gasteiger partial charge on any atom is -0.497 e. The molecule has 1 aromatic rings. The van der Waals surface area contributed by atoms with Crippen LogP contribution in [0.25, 0.3) is 0 Å². The molecule has 0 atom stereocenters. The Kier molecular flexibility index (Phi) is 5.52. The minimum absolute atomic E-state index is 0.223. The van der Waals surface area contributed by atoms with Crippen LogP contribution in [-0.2, 0) is 14.3 Å². The van der Waals surface area contributed by atoms with Crippen molar-refractivity contribution in [3.05, 3.63) is 24.3 Å². The van der Waals surface area contributed by atoms with Gasteiger partial charge in [0.15, 0.2) is 5.79 Å². The third kappa shape index (κ3) is 4.20. The van der Waals surface area contributed by atoms with E-state index in [-0.39, 0.29) is 5.91 Å². The van der Waals surface area contributed by atoms with Crippen LogP contribution in [-0.4, -0.2) is 87.6 Å². The molecule has 7 nitrogen and oxygen atoms in total. The van der Waals surface area contributed by atoms with Crippen LogP contribution in [0.4, 0.5) is 5.69 Å². The summed E-state index contributed by atoms with van der Waals surface area (Å²) in [6.45, 7) is 6.98. The number of piperazine rings is 1. The number of anilines is 1. The van der Waals surface area contributed by atoms with Gasteiger partial charge in [-0.2, -0.15) is 0 Å². The number of piperidine rings is 1. The Balaban J connectivity index is 1.22. The minimum atomic E-state index is -0.416. The Bertz CT molecular complexity index is 627. The molecule has 0 aliphatic carbocycles. The van der Waals surface area contributed by atoms with E-state index in [4.69, 9.17) is 14.2 Å². The largest absolute Gasteiger partial charge is 0.497 e. The summed E-state index contributed by atoms with van der Waals surface area (Å²) in [5.74, 6) is 0.682. The van der Waals surface area contributed by atoms with E-state index in [1.54, 1.807) is 7.11 Å². The number of methoxy groups -OCH3 is 1. The molecule has 4 rings (SSSR count). The van der Waals surface area contributed by atoms with Crippen LogP contribution in [0.3, 0.4) is 0 Å². The fourth-order valence-corrected chi connectivity index (χ4v) is 4.13. The molecule has 148 valence electrons. The van der Waals surface area contributed by atoms with Crippen molar-refractivity contribution < 1.29 is 19.0 Å². The van der Waals surface area contributed by atoms with Crippen LogP contribution in [0.5, 0.6) is 5.75 Å². The smallest absolute Gasteiger partial charge is 0.236 e.